The molecule has 21 heavy (non-hydrogen) atoms. The van der Waals surface area contributed by atoms with E-state index in [0.717, 1.165) is 31.3 Å². The maximum Gasteiger partial charge on any atom is 0.123 e. The molecule has 1 heterocycles. The van der Waals surface area contributed by atoms with Crippen molar-refractivity contribution in [3.05, 3.63) is 29.8 Å². The molecule has 1 aliphatic heterocycles. The molecule has 3 heteroatoms. The Labute approximate surface area is 129 Å². The maximum absolute atomic E-state index is 5.50. The molecule has 1 saturated heterocycles. The summed E-state index contributed by atoms with van der Waals surface area (Å²) in [5.74, 6) is 1.73. The highest BCUT2D eigenvalue weighted by Crippen LogP contribution is 2.26. The van der Waals surface area contributed by atoms with E-state index < -0.39 is 0 Å². The van der Waals surface area contributed by atoms with Crippen LogP contribution in [-0.4, -0.2) is 36.7 Å². The molecule has 1 aromatic rings. The van der Waals surface area contributed by atoms with Gasteiger partial charge >= 0.3 is 0 Å². The fraction of sp³-hybridized carbons (Fsp3) is 0.667. The zero-order valence-electron chi connectivity index (χ0n) is 14.1. The quantitative estimate of drug-likeness (QED) is 0.900. The number of para-hydroxylation sites is 1. The number of hydrogen-bond acceptors (Lipinski definition) is 3. The molecule has 0 radical (unpaired) electrons. The van der Waals surface area contributed by atoms with E-state index >= 15 is 0 Å². The molecule has 2 rings (SSSR count). The summed E-state index contributed by atoms with van der Waals surface area (Å²) in [6.45, 7) is 12.3. The van der Waals surface area contributed by atoms with Crippen LogP contribution in [-0.2, 0) is 6.54 Å². The number of ether oxygens (including phenoxy) is 1. The average molecular weight is 290 g/mol. The Bertz CT molecular complexity index is 456. The van der Waals surface area contributed by atoms with Crippen LogP contribution >= 0.6 is 0 Å². The highest BCUT2D eigenvalue weighted by Gasteiger charge is 2.34. The van der Waals surface area contributed by atoms with E-state index in [1.54, 1.807) is 7.11 Å². The normalized spacial score (nSPS) is 22.5. The maximum atomic E-state index is 5.50. The predicted octanol–water partition coefficient (Wildman–Crippen LogP) is 3.29. The van der Waals surface area contributed by atoms with E-state index in [2.05, 4.69) is 56.1 Å². The molecule has 0 spiro atoms. The number of hydrogen-bond donors (Lipinski definition) is 1. The third-order valence-corrected chi connectivity index (χ3v) is 4.43. The summed E-state index contributed by atoms with van der Waals surface area (Å²) >= 11 is 0. The van der Waals surface area contributed by atoms with Gasteiger partial charge in [0.1, 0.15) is 5.75 Å². The third kappa shape index (κ3) is 4.21. The van der Waals surface area contributed by atoms with Crippen molar-refractivity contribution < 1.29 is 4.74 Å². The largest absolute Gasteiger partial charge is 0.496 e. The second-order valence-electron chi connectivity index (χ2n) is 7.21. The molecule has 1 fully saturated rings. The van der Waals surface area contributed by atoms with Crippen molar-refractivity contribution in [1.82, 2.24) is 10.2 Å². The first-order valence-corrected chi connectivity index (χ1v) is 8.02. The second-order valence-corrected chi connectivity index (χ2v) is 7.21. The van der Waals surface area contributed by atoms with Crippen LogP contribution in [0.25, 0.3) is 0 Å². The zero-order chi connectivity index (χ0) is 15.5. The molecular formula is C18H30N2O. The fourth-order valence-electron chi connectivity index (χ4n) is 3.13. The Hall–Kier alpha value is -1.06. The first kappa shape index (κ1) is 16.3. The van der Waals surface area contributed by atoms with Gasteiger partial charge in [-0.3, -0.25) is 4.90 Å². The monoisotopic (exact) mass is 290 g/mol. The van der Waals surface area contributed by atoms with Crippen LogP contribution in [0.5, 0.6) is 5.75 Å². The van der Waals surface area contributed by atoms with Crippen molar-refractivity contribution in [3.63, 3.8) is 0 Å². The van der Waals surface area contributed by atoms with Crippen molar-refractivity contribution in [1.29, 1.82) is 0 Å². The van der Waals surface area contributed by atoms with E-state index in [1.807, 2.05) is 6.07 Å². The van der Waals surface area contributed by atoms with Gasteiger partial charge < -0.3 is 10.1 Å². The molecule has 1 N–H and O–H groups in total. The number of benzene rings is 1. The second kappa shape index (κ2) is 6.80. The van der Waals surface area contributed by atoms with Gasteiger partial charge in [0, 0.05) is 36.8 Å². The lowest BCUT2D eigenvalue weighted by atomic mass is 9.93. The highest BCUT2D eigenvalue weighted by molar-refractivity contribution is 5.33. The molecule has 118 valence electrons. The van der Waals surface area contributed by atoms with Crippen LogP contribution in [0.4, 0.5) is 0 Å². The summed E-state index contributed by atoms with van der Waals surface area (Å²) in [5, 5.41) is 3.71. The van der Waals surface area contributed by atoms with Crippen LogP contribution in [0, 0.1) is 5.92 Å². The number of nitrogens with one attached hydrogen (secondary N) is 1. The Morgan fingerprint density at radius 2 is 2.05 bits per heavy atom. The SMILES string of the molecule is COc1ccccc1CN1CC(CC(C)C)NCC1(C)C. The van der Waals surface area contributed by atoms with Gasteiger partial charge in [-0.2, -0.15) is 0 Å². The highest BCUT2D eigenvalue weighted by atomic mass is 16.5. The molecule has 1 aromatic carbocycles. The predicted molar refractivity (Wildman–Crippen MR) is 88.7 cm³/mol. The van der Waals surface area contributed by atoms with Crippen molar-refractivity contribution in [2.45, 2.75) is 52.2 Å². The fourth-order valence-corrected chi connectivity index (χ4v) is 3.13. The van der Waals surface area contributed by atoms with E-state index in [4.69, 9.17) is 4.74 Å². The lowest BCUT2D eigenvalue weighted by Gasteiger charge is -2.46. The summed E-state index contributed by atoms with van der Waals surface area (Å²) < 4.78 is 5.50. The molecular weight excluding hydrogens is 260 g/mol. The van der Waals surface area contributed by atoms with E-state index in [1.165, 1.54) is 12.0 Å². The molecule has 1 aliphatic rings. The lowest BCUT2D eigenvalue weighted by molar-refractivity contribution is 0.0529. The zero-order valence-corrected chi connectivity index (χ0v) is 14.1. The Morgan fingerprint density at radius 1 is 1.33 bits per heavy atom. The topological polar surface area (TPSA) is 24.5 Å². The van der Waals surface area contributed by atoms with Crippen LogP contribution in [0.15, 0.2) is 24.3 Å². The number of nitrogens with zero attached hydrogens (tertiary/aromatic N) is 1. The number of rotatable bonds is 5. The van der Waals surface area contributed by atoms with Crippen molar-refractivity contribution in [2.75, 3.05) is 20.2 Å². The van der Waals surface area contributed by atoms with Gasteiger partial charge in [-0.1, -0.05) is 32.0 Å². The lowest BCUT2D eigenvalue weighted by Crippen LogP contribution is -2.61. The van der Waals surface area contributed by atoms with Crippen LogP contribution < -0.4 is 10.1 Å². The van der Waals surface area contributed by atoms with E-state index in [0.29, 0.717) is 6.04 Å². The molecule has 3 nitrogen and oxygen atoms in total. The van der Waals surface area contributed by atoms with Crippen LogP contribution in [0.2, 0.25) is 0 Å². The minimum Gasteiger partial charge on any atom is -0.496 e. The minimum absolute atomic E-state index is 0.175. The molecule has 0 aliphatic carbocycles. The summed E-state index contributed by atoms with van der Waals surface area (Å²) in [7, 11) is 1.75. The van der Waals surface area contributed by atoms with Gasteiger partial charge in [0.25, 0.3) is 0 Å². The Balaban J connectivity index is 2.11. The molecule has 0 aromatic heterocycles. The molecule has 1 unspecified atom stereocenters. The number of methoxy groups -OCH3 is 1. The van der Waals surface area contributed by atoms with E-state index in [9.17, 15) is 0 Å². The van der Waals surface area contributed by atoms with Gasteiger partial charge in [-0.15, -0.1) is 0 Å². The van der Waals surface area contributed by atoms with Crippen molar-refractivity contribution in [3.8, 4) is 5.75 Å². The smallest absolute Gasteiger partial charge is 0.123 e. The average Bonchev–Trinajstić information content (AvgIpc) is 2.43. The Morgan fingerprint density at radius 3 is 2.71 bits per heavy atom. The summed E-state index contributed by atoms with van der Waals surface area (Å²) in [6.07, 6.45) is 1.23. The van der Waals surface area contributed by atoms with Gasteiger partial charge in [0.15, 0.2) is 0 Å². The summed E-state index contributed by atoms with van der Waals surface area (Å²) in [6, 6.07) is 8.95. The number of piperazine rings is 1. The first-order valence-electron chi connectivity index (χ1n) is 8.02. The van der Waals surface area contributed by atoms with E-state index in [-0.39, 0.29) is 5.54 Å². The van der Waals surface area contributed by atoms with Gasteiger partial charge in [0.2, 0.25) is 0 Å². The molecule has 0 amide bonds. The molecule has 1 atom stereocenters. The Kier molecular flexibility index (Phi) is 5.28. The van der Waals surface area contributed by atoms with Gasteiger partial charge in [-0.05, 0) is 32.3 Å². The van der Waals surface area contributed by atoms with Crippen LogP contribution in [0.3, 0.4) is 0 Å². The summed E-state index contributed by atoms with van der Waals surface area (Å²) in [4.78, 5) is 2.59. The first-order chi connectivity index (χ1) is 9.92. The summed E-state index contributed by atoms with van der Waals surface area (Å²) in [5.41, 5.74) is 1.45. The van der Waals surface area contributed by atoms with Gasteiger partial charge in [-0.25, -0.2) is 0 Å². The minimum atomic E-state index is 0.175. The van der Waals surface area contributed by atoms with Crippen molar-refractivity contribution >= 4 is 0 Å². The van der Waals surface area contributed by atoms with Gasteiger partial charge in [0.05, 0.1) is 7.11 Å². The third-order valence-electron chi connectivity index (χ3n) is 4.43. The standard InChI is InChI=1S/C18H30N2O/c1-14(2)10-16-12-20(18(3,4)13-19-16)11-15-8-6-7-9-17(15)21-5/h6-9,14,16,19H,10-13H2,1-5H3. The molecule has 0 bridgehead atoms. The van der Waals surface area contributed by atoms with Crippen LogP contribution in [0.1, 0.15) is 39.7 Å². The molecule has 0 saturated carbocycles. The van der Waals surface area contributed by atoms with Crippen molar-refractivity contribution in [2.24, 2.45) is 5.92 Å².